The summed E-state index contributed by atoms with van der Waals surface area (Å²) < 4.78 is 5.67. The van der Waals surface area contributed by atoms with Gasteiger partial charge in [-0.25, -0.2) is 4.98 Å². The van der Waals surface area contributed by atoms with Gasteiger partial charge in [0.2, 0.25) is 0 Å². The largest absolute Gasteiger partial charge is 0.496 e. The highest BCUT2D eigenvalue weighted by molar-refractivity contribution is 6.31. The van der Waals surface area contributed by atoms with Crippen molar-refractivity contribution < 1.29 is 4.74 Å². The number of aromatic nitrogens is 2. The van der Waals surface area contributed by atoms with Crippen molar-refractivity contribution in [2.75, 3.05) is 12.0 Å². The summed E-state index contributed by atoms with van der Waals surface area (Å²) in [7, 11) is 1.75. The van der Waals surface area contributed by atoms with E-state index >= 15 is 0 Å². The van der Waals surface area contributed by atoms with Crippen molar-refractivity contribution in [3.05, 3.63) is 77.2 Å². The second-order valence-electron chi connectivity index (χ2n) is 7.15. The number of ether oxygens (including phenoxy) is 1. The van der Waals surface area contributed by atoms with Crippen molar-refractivity contribution in [2.24, 2.45) is 0 Å². The molecule has 2 heterocycles. The van der Waals surface area contributed by atoms with E-state index in [1.165, 1.54) is 31.2 Å². The van der Waals surface area contributed by atoms with Crippen LogP contribution in [0, 0.1) is 0 Å². The first kappa shape index (κ1) is 18.8. The van der Waals surface area contributed by atoms with Crippen molar-refractivity contribution >= 4 is 23.1 Å². The maximum absolute atomic E-state index is 6.42. The zero-order valence-electron chi connectivity index (χ0n) is 16.0. The van der Waals surface area contributed by atoms with Crippen LogP contribution in [0.2, 0.25) is 5.02 Å². The lowest BCUT2D eigenvalue weighted by atomic mass is 9.96. The van der Waals surface area contributed by atoms with Crippen LogP contribution in [-0.2, 0) is 6.54 Å². The van der Waals surface area contributed by atoms with Crippen LogP contribution in [-0.4, -0.2) is 17.1 Å². The van der Waals surface area contributed by atoms with Crippen molar-refractivity contribution in [1.29, 1.82) is 0 Å². The van der Waals surface area contributed by atoms with Gasteiger partial charge in [0.1, 0.15) is 11.6 Å². The lowest BCUT2D eigenvalue weighted by molar-refractivity contribution is 0.405. The first-order chi connectivity index (χ1) is 13.8. The third-order valence-electron chi connectivity index (χ3n) is 5.42. The lowest BCUT2D eigenvalue weighted by Crippen LogP contribution is -2.18. The van der Waals surface area contributed by atoms with Gasteiger partial charge < -0.3 is 9.64 Å². The van der Waals surface area contributed by atoms with Gasteiger partial charge in [-0.15, -0.1) is 0 Å². The molecule has 1 saturated carbocycles. The number of benzene rings is 1. The molecule has 0 spiro atoms. The Hall–Kier alpha value is -2.59. The number of hydrogen-bond donors (Lipinski definition) is 0. The van der Waals surface area contributed by atoms with Crippen molar-refractivity contribution in [1.82, 2.24) is 9.97 Å². The van der Waals surface area contributed by atoms with Gasteiger partial charge in [0.15, 0.2) is 0 Å². The quantitative estimate of drug-likeness (QED) is 0.504. The van der Waals surface area contributed by atoms with Gasteiger partial charge >= 0.3 is 0 Å². The first-order valence-corrected chi connectivity index (χ1v) is 10.1. The fraction of sp³-hybridized carbons (Fsp3) is 0.304. The average Bonchev–Trinajstić information content (AvgIpc) is 3.28. The molecule has 28 heavy (non-hydrogen) atoms. The van der Waals surface area contributed by atoms with Crippen LogP contribution in [0.4, 0.5) is 11.5 Å². The number of methoxy groups -OCH3 is 1. The third-order valence-corrected chi connectivity index (χ3v) is 5.79. The Bertz CT molecular complexity index is 926. The summed E-state index contributed by atoms with van der Waals surface area (Å²) in [6, 6.07) is 14.2. The zero-order chi connectivity index (χ0) is 19.3. The van der Waals surface area contributed by atoms with Crippen molar-refractivity contribution in [2.45, 2.75) is 38.1 Å². The number of pyridine rings is 2. The minimum Gasteiger partial charge on any atom is -0.496 e. The van der Waals surface area contributed by atoms with Crippen molar-refractivity contribution in [3.63, 3.8) is 0 Å². The summed E-state index contributed by atoms with van der Waals surface area (Å²) in [5.74, 6) is 2.41. The zero-order valence-corrected chi connectivity index (χ0v) is 16.8. The molecule has 0 unspecified atom stereocenters. The van der Waals surface area contributed by atoms with Crippen LogP contribution in [0.15, 0.2) is 61.1 Å². The third kappa shape index (κ3) is 3.97. The number of halogens is 1. The lowest BCUT2D eigenvalue weighted by Gasteiger charge is -2.26. The fourth-order valence-electron chi connectivity index (χ4n) is 3.96. The van der Waals surface area contributed by atoms with Gasteiger partial charge in [-0.05, 0) is 60.7 Å². The van der Waals surface area contributed by atoms with Crippen LogP contribution >= 0.6 is 11.6 Å². The Kier molecular flexibility index (Phi) is 5.77. The minimum atomic E-state index is 0.558. The molecule has 0 N–H and O–H groups in total. The average molecular weight is 394 g/mol. The Balaban J connectivity index is 1.76. The number of rotatable bonds is 6. The molecule has 4 rings (SSSR count). The SMILES string of the molecule is COc1ccc(N(Cc2cnccc2Cl)c2ccccn2)cc1C1CCCC1. The Labute approximate surface area is 171 Å². The highest BCUT2D eigenvalue weighted by atomic mass is 35.5. The molecule has 2 aromatic heterocycles. The van der Waals surface area contributed by atoms with E-state index in [-0.39, 0.29) is 0 Å². The normalized spacial score (nSPS) is 14.2. The predicted molar refractivity (Wildman–Crippen MR) is 114 cm³/mol. The van der Waals surface area contributed by atoms with Crippen LogP contribution in [0.1, 0.15) is 42.7 Å². The van der Waals surface area contributed by atoms with E-state index < -0.39 is 0 Å². The molecular formula is C23H24ClN3O. The summed E-state index contributed by atoms with van der Waals surface area (Å²) in [5, 5.41) is 0.709. The maximum atomic E-state index is 6.42. The van der Waals surface area contributed by atoms with Crippen molar-refractivity contribution in [3.8, 4) is 5.75 Å². The van der Waals surface area contributed by atoms with E-state index in [0.717, 1.165) is 22.8 Å². The van der Waals surface area contributed by atoms with E-state index in [0.29, 0.717) is 17.5 Å². The van der Waals surface area contributed by atoms with E-state index in [9.17, 15) is 0 Å². The van der Waals surface area contributed by atoms with Gasteiger partial charge in [-0.3, -0.25) is 4.98 Å². The van der Waals surface area contributed by atoms with Crippen LogP contribution in [0.3, 0.4) is 0 Å². The molecule has 1 aliphatic rings. The molecule has 0 aliphatic heterocycles. The molecule has 0 bridgehead atoms. The van der Waals surface area contributed by atoms with E-state index in [4.69, 9.17) is 16.3 Å². The first-order valence-electron chi connectivity index (χ1n) is 9.71. The van der Waals surface area contributed by atoms with Gasteiger partial charge in [0, 0.05) is 34.9 Å². The molecule has 5 heteroatoms. The smallest absolute Gasteiger partial charge is 0.133 e. The molecule has 0 amide bonds. The second kappa shape index (κ2) is 8.61. The summed E-state index contributed by atoms with van der Waals surface area (Å²) in [4.78, 5) is 11.0. The monoisotopic (exact) mass is 393 g/mol. The van der Waals surface area contributed by atoms with Gasteiger partial charge in [0.05, 0.1) is 13.7 Å². The summed E-state index contributed by atoms with van der Waals surface area (Å²) >= 11 is 6.42. The highest BCUT2D eigenvalue weighted by Crippen LogP contribution is 2.41. The molecule has 0 saturated heterocycles. The Morgan fingerprint density at radius 1 is 1.11 bits per heavy atom. The molecule has 0 radical (unpaired) electrons. The van der Waals surface area contributed by atoms with Gasteiger partial charge in [-0.1, -0.05) is 30.5 Å². The topological polar surface area (TPSA) is 38.2 Å². The van der Waals surface area contributed by atoms with E-state index in [2.05, 4.69) is 33.1 Å². The number of anilines is 2. The van der Waals surface area contributed by atoms with Gasteiger partial charge in [0.25, 0.3) is 0 Å². The van der Waals surface area contributed by atoms with Crippen LogP contribution in [0.25, 0.3) is 0 Å². The standard InChI is InChI=1S/C23H24ClN3O/c1-28-22-10-9-19(14-20(22)17-6-2-3-7-17)27(23-8-4-5-12-26-23)16-18-15-25-13-11-21(18)24/h4-5,8-15,17H,2-3,6-7,16H2,1H3. The summed E-state index contributed by atoms with van der Waals surface area (Å²) in [6.45, 7) is 0.597. The molecule has 1 aromatic carbocycles. The Morgan fingerprint density at radius 3 is 2.68 bits per heavy atom. The maximum Gasteiger partial charge on any atom is 0.133 e. The van der Waals surface area contributed by atoms with Crippen LogP contribution in [0.5, 0.6) is 5.75 Å². The number of nitrogens with zero attached hydrogens (tertiary/aromatic N) is 3. The molecule has 1 fully saturated rings. The molecular weight excluding hydrogens is 370 g/mol. The number of hydrogen-bond acceptors (Lipinski definition) is 4. The molecule has 3 aromatic rings. The van der Waals surface area contributed by atoms with Crippen LogP contribution < -0.4 is 9.64 Å². The summed E-state index contributed by atoms with van der Waals surface area (Å²) in [6.07, 6.45) is 10.4. The summed E-state index contributed by atoms with van der Waals surface area (Å²) in [5.41, 5.74) is 3.34. The molecule has 0 atom stereocenters. The molecule has 144 valence electrons. The minimum absolute atomic E-state index is 0.558. The molecule has 1 aliphatic carbocycles. The Morgan fingerprint density at radius 2 is 1.96 bits per heavy atom. The fourth-order valence-corrected chi connectivity index (χ4v) is 4.13. The second-order valence-corrected chi connectivity index (χ2v) is 7.56. The van der Waals surface area contributed by atoms with E-state index in [1.807, 2.05) is 36.7 Å². The highest BCUT2D eigenvalue weighted by Gasteiger charge is 2.23. The predicted octanol–water partition coefficient (Wildman–Crippen LogP) is 6.13. The van der Waals surface area contributed by atoms with Gasteiger partial charge in [-0.2, -0.15) is 0 Å². The van der Waals surface area contributed by atoms with E-state index in [1.54, 1.807) is 13.3 Å². The molecule has 4 nitrogen and oxygen atoms in total.